The number of benzene rings is 1. The number of imidazole rings is 1. The molecule has 1 aliphatic rings. The molecule has 34 heavy (non-hydrogen) atoms. The second-order valence-corrected chi connectivity index (χ2v) is 9.93. The molecule has 1 aliphatic heterocycles. The SMILES string of the molecule is Cc1cn2nc(-c3ccc4c(=O)n(C5CCN(C(=O)OC(C)(C)C)C5)ncc4c3)cc(C)c2n1. The molecular formula is C25H28N6O3. The van der Waals surface area contributed by atoms with Crippen LogP contribution in [0.25, 0.3) is 27.7 Å². The minimum Gasteiger partial charge on any atom is -0.444 e. The predicted molar refractivity (Wildman–Crippen MR) is 129 cm³/mol. The Balaban J connectivity index is 1.44. The first-order valence-corrected chi connectivity index (χ1v) is 11.4. The number of likely N-dealkylation sites (tertiary alicyclic amines) is 1. The van der Waals surface area contributed by atoms with E-state index in [1.54, 1.807) is 15.6 Å². The molecule has 3 aromatic heterocycles. The maximum atomic E-state index is 13.2. The van der Waals surface area contributed by atoms with Gasteiger partial charge in [-0.2, -0.15) is 10.2 Å². The molecule has 0 aliphatic carbocycles. The molecule has 1 unspecified atom stereocenters. The third-order valence-electron chi connectivity index (χ3n) is 6.00. The third-order valence-corrected chi connectivity index (χ3v) is 6.00. The van der Waals surface area contributed by atoms with Gasteiger partial charge in [-0.05, 0) is 64.8 Å². The summed E-state index contributed by atoms with van der Waals surface area (Å²) in [6, 6.07) is 7.49. The van der Waals surface area contributed by atoms with Crippen molar-refractivity contribution in [3.8, 4) is 11.3 Å². The summed E-state index contributed by atoms with van der Waals surface area (Å²) in [5.41, 5.74) is 3.76. The minimum absolute atomic E-state index is 0.162. The van der Waals surface area contributed by atoms with Gasteiger partial charge >= 0.3 is 6.09 Å². The van der Waals surface area contributed by atoms with Gasteiger partial charge in [0.05, 0.1) is 35.2 Å². The fraction of sp³-hybridized carbons (Fsp3) is 0.400. The van der Waals surface area contributed by atoms with E-state index in [0.29, 0.717) is 24.9 Å². The second-order valence-electron chi connectivity index (χ2n) is 9.93. The molecule has 1 saturated heterocycles. The van der Waals surface area contributed by atoms with E-state index in [0.717, 1.165) is 33.5 Å². The number of carbonyl (C=O) groups is 1. The minimum atomic E-state index is -0.556. The zero-order valence-corrected chi connectivity index (χ0v) is 20.1. The van der Waals surface area contributed by atoms with Crippen LogP contribution >= 0.6 is 0 Å². The van der Waals surface area contributed by atoms with Crippen molar-refractivity contribution in [2.24, 2.45) is 0 Å². The number of nitrogens with zero attached hydrogens (tertiary/aromatic N) is 6. The number of amides is 1. The summed E-state index contributed by atoms with van der Waals surface area (Å²) < 4.78 is 8.75. The zero-order valence-electron chi connectivity index (χ0n) is 20.1. The first-order chi connectivity index (χ1) is 16.1. The lowest BCUT2D eigenvalue weighted by Gasteiger charge is -2.24. The summed E-state index contributed by atoms with van der Waals surface area (Å²) in [7, 11) is 0. The van der Waals surface area contributed by atoms with Gasteiger partial charge in [0.15, 0.2) is 5.65 Å². The van der Waals surface area contributed by atoms with Gasteiger partial charge in [-0.15, -0.1) is 0 Å². The van der Waals surface area contributed by atoms with E-state index in [9.17, 15) is 9.59 Å². The van der Waals surface area contributed by atoms with Crippen LogP contribution in [0, 0.1) is 13.8 Å². The Morgan fingerprint density at radius 2 is 1.97 bits per heavy atom. The smallest absolute Gasteiger partial charge is 0.410 e. The van der Waals surface area contributed by atoms with E-state index in [-0.39, 0.29) is 17.7 Å². The van der Waals surface area contributed by atoms with Crippen molar-refractivity contribution in [1.29, 1.82) is 0 Å². The Morgan fingerprint density at radius 3 is 2.74 bits per heavy atom. The van der Waals surface area contributed by atoms with Crippen molar-refractivity contribution < 1.29 is 9.53 Å². The van der Waals surface area contributed by atoms with Crippen molar-refractivity contribution in [2.45, 2.75) is 52.7 Å². The summed E-state index contributed by atoms with van der Waals surface area (Å²) in [5.74, 6) is 0. The normalized spacial score (nSPS) is 16.5. The number of ether oxygens (including phenoxy) is 1. The highest BCUT2D eigenvalue weighted by Gasteiger charge is 2.31. The molecule has 5 rings (SSSR count). The topological polar surface area (TPSA) is 94.6 Å². The summed E-state index contributed by atoms with van der Waals surface area (Å²) in [5, 5.41) is 10.5. The monoisotopic (exact) mass is 460 g/mol. The highest BCUT2D eigenvalue weighted by Crippen LogP contribution is 2.25. The van der Waals surface area contributed by atoms with Crippen LogP contribution in [0.4, 0.5) is 4.79 Å². The van der Waals surface area contributed by atoms with E-state index < -0.39 is 5.60 Å². The lowest BCUT2D eigenvalue weighted by atomic mass is 10.1. The summed E-state index contributed by atoms with van der Waals surface area (Å²) in [4.78, 5) is 31.8. The molecule has 9 heteroatoms. The third kappa shape index (κ3) is 4.02. The first-order valence-electron chi connectivity index (χ1n) is 11.4. The highest BCUT2D eigenvalue weighted by molar-refractivity contribution is 5.85. The molecular weight excluding hydrogens is 432 g/mol. The van der Waals surface area contributed by atoms with E-state index in [4.69, 9.17) is 4.74 Å². The number of hydrogen-bond acceptors (Lipinski definition) is 6. The summed E-state index contributed by atoms with van der Waals surface area (Å²) in [6.07, 6.45) is 3.91. The molecule has 9 nitrogen and oxygen atoms in total. The Kier molecular flexibility index (Phi) is 5.15. The maximum absolute atomic E-state index is 13.2. The molecule has 0 spiro atoms. The van der Waals surface area contributed by atoms with Gasteiger partial charge in [0.2, 0.25) is 0 Å². The van der Waals surface area contributed by atoms with E-state index in [2.05, 4.69) is 15.2 Å². The number of carbonyl (C=O) groups excluding carboxylic acids is 1. The van der Waals surface area contributed by atoms with Crippen molar-refractivity contribution in [1.82, 2.24) is 29.3 Å². The number of hydrogen-bond donors (Lipinski definition) is 0. The van der Waals surface area contributed by atoms with E-state index >= 15 is 0 Å². The molecule has 4 heterocycles. The number of aryl methyl sites for hydroxylation is 2. The molecule has 1 aromatic carbocycles. The van der Waals surface area contributed by atoms with Gasteiger partial charge in [0.25, 0.3) is 5.56 Å². The predicted octanol–water partition coefficient (Wildman–Crippen LogP) is 3.90. The fourth-order valence-electron chi connectivity index (χ4n) is 4.40. The van der Waals surface area contributed by atoms with Gasteiger partial charge in [0, 0.05) is 24.0 Å². The largest absolute Gasteiger partial charge is 0.444 e. The van der Waals surface area contributed by atoms with Crippen LogP contribution in [-0.4, -0.2) is 54.1 Å². The molecule has 0 radical (unpaired) electrons. The van der Waals surface area contributed by atoms with Crippen molar-refractivity contribution >= 4 is 22.5 Å². The summed E-state index contributed by atoms with van der Waals surface area (Å²) in [6.45, 7) is 10.4. The van der Waals surface area contributed by atoms with Crippen molar-refractivity contribution in [2.75, 3.05) is 13.1 Å². The standard InChI is InChI=1S/C25H28N6O3/c1-15-10-21(28-30-13-16(2)27-22(15)30)17-6-7-20-18(11-17)12-26-31(23(20)32)19-8-9-29(14-19)24(33)34-25(3,4)5/h6-7,10-13,19H,8-9,14H2,1-5H3. The average Bonchev–Trinajstić information content (AvgIpc) is 3.39. The average molecular weight is 461 g/mol. The van der Waals surface area contributed by atoms with Crippen LogP contribution in [0.5, 0.6) is 0 Å². The van der Waals surface area contributed by atoms with Gasteiger partial charge < -0.3 is 9.64 Å². The summed E-state index contributed by atoms with van der Waals surface area (Å²) >= 11 is 0. The maximum Gasteiger partial charge on any atom is 0.410 e. The van der Waals surface area contributed by atoms with E-state index in [1.807, 2.05) is 65.1 Å². The molecule has 1 atom stereocenters. The molecule has 1 amide bonds. The van der Waals surface area contributed by atoms with Crippen molar-refractivity contribution in [3.05, 3.63) is 58.3 Å². The first kappa shape index (κ1) is 22.1. The second kappa shape index (κ2) is 7.93. The van der Waals surface area contributed by atoms with Gasteiger partial charge in [-0.1, -0.05) is 6.07 Å². The number of fused-ring (bicyclic) bond motifs is 2. The zero-order chi connectivity index (χ0) is 24.2. The molecule has 4 aromatic rings. The Morgan fingerprint density at radius 1 is 1.18 bits per heavy atom. The Hall–Kier alpha value is -3.75. The Labute approximate surface area is 197 Å². The van der Waals surface area contributed by atoms with Crippen LogP contribution in [-0.2, 0) is 4.74 Å². The number of rotatable bonds is 2. The molecule has 0 bridgehead atoms. The fourth-order valence-corrected chi connectivity index (χ4v) is 4.40. The molecule has 0 saturated carbocycles. The lowest BCUT2D eigenvalue weighted by molar-refractivity contribution is 0.0288. The van der Waals surface area contributed by atoms with E-state index in [1.165, 1.54) is 4.68 Å². The van der Waals surface area contributed by atoms with Crippen LogP contribution in [0.3, 0.4) is 0 Å². The molecule has 1 fully saturated rings. The van der Waals surface area contributed by atoms with Gasteiger partial charge in [-0.25, -0.2) is 19.0 Å². The quantitative estimate of drug-likeness (QED) is 0.450. The van der Waals surface area contributed by atoms with Crippen molar-refractivity contribution in [3.63, 3.8) is 0 Å². The Bertz CT molecular complexity index is 1480. The molecule has 176 valence electrons. The molecule has 0 N–H and O–H groups in total. The van der Waals surface area contributed by atoms with Gasteiger partial charge in [-0.3, -0.25) is 4.79 Å². The highest BCUT2D eigenvalue weighted by atomic mass is 16.6. The number of aromatic nitrogens is 5. The van der Waals surface area contributed by atoms with Crippen LogP contribution < -0.4 is 5.56 Å². The van der Waals surface area contributed by atoms with Crippen LogP contribution in [0.2, 0.25) is 0 Å². The van der Waals surface area contributed by atoms with Gasteiger partial charge in [0.1, 0.15) is 5.60 Å². The van der Waals surface area contributed by atoms with Crippen LogP contribution in [0.15, 0.2) is 41.5 Å². The lowest BCUT2D eigenvalue weighted by Crippen LogP contribution is -2.36. The van der Waals surface area contributed by atoms with Crippen LogP contribution in [0.1, 0.15) is 44.5 Å².